The molecule has 0 heterocycles. The highest BCUT2D eigenvalue weighted by molar-refractivity contribution is 6.64. The second-order valence-electron chi connectivity index (χ2n) is 2.08. The Labute approximate surface area is 72.7 Å². The molecule has 0 fully saturated rings. The van der Waals surface area contributed by atoms with Crippen molar-refractivity contribution in [3.63, 3.8) is 0 Å². The summed E-state index contributed by atoms with van der Waals surface area (Å²) in [6.45, 7) is 9.53. The Morgan fingerprint density at radius 3 is 2.45 bits per heavy atom. The van der Waals surface area contributed by atoms with E-state index in [1.807, 2.05) is 6.92 Å². The van der Waals surface area contributed by atoms with Gasteiger partial charge in [0.15, 0.2) is 5.29 Å². The molecule has 0 aromatic rings. The lowest BCUT2D eigenvalue weighted by Gasteiger charge is -2.07. The predicted molar refractivity (Wildman–Crippen MR) is 50.9 cm³/mol. The molecule has 62 valence electrons. The summed E-state index contributed by atoms with van der Waals surface area (Å²) < 4.78 is 0. The summed E-state index contributed by atoms with van der Waals surface area (Å²) in [4.78, 5) is 3.71. The fraction of sp³-hybridized carbons (Fsp3) is 0.375. The number of hydrogen-bond donors (Lipinski definition) is 1. The van der Waals surface area contributed by atoms with Crippen LogP contribution in [-0.4, -0.2) is 12.3 Å². The minimum atomic E-state index is 0.338. The molecule has 0 aromatic carbocycles. The topological polar surface area (TPSA) is 24.4 Å². The summed E-state index contributed by atoms with van der Waals surface area (Å²) >= 11 is 5.60. The van der Waals surface area contributed by atoms with E-state index < -0.39 is 0 Å². The Hall–Kier alpha value is -0.760. The molecule has 0 aliphatic carbocycles. The number of rotatable bonds is 3. The van der Waals surface area contributed by atoms with E-state index in [1.54, 1.807) is 7.05 Å². The van der Waals surface area contributed by atoms with Crippen molar-refractivity contribution in [1.82, 2.24) is 5.32 Å². The third-order valence-corrected chi connectivity index (χ3v) is 1.57. The zero-order valence-corrected chi connectivity index (χ0v) is 7.70. The van der Waals surface area contributed by atoms with E-state index in [2.05, 4.69) is 23.5 Å². The maximum Gasteiger partial charge on any atom is 0.195 e. The van der Waals surface area contributed by atoms with Gasteiger partial charge in [-0.15, -0.1) is 0 Å². The number of amidine groups is 1. The van der Waals surface area contributed by atoms with Gasteiger partial charge in [-0.3, -0.25) is 4.99 Å². The van der Waals surface area contributed by atoms with Gasteiger partial charge < -0.3 is 5.32 Å². The highest BCUT2D eigenvalue weighted by Gasteiger charge is 1.98. The predicted octanol–water partition coefficient (Wildman–Crippen LogP) is 2.28. The van der Waals surface area contributed by atoms with Crippen molar-refractivity contribution in [3.8, 4) is 0 Å². The van der Waals surface area contributed by atoms with Crippen LogP contribution in [0.3, 0.4) is 0 Å². The van der Waals surface area contributed by atoms with Gasteiger partial charge in [-0.25, -0.2) is 0 Å². The van der Waals surface area contributed by atoms with Crippen LogP contribution < -0.4 is 5.32 Å². The van der Waals surface area contributed by atoms with Gasteiger partial charge in [0.1, 0.15) is 0 Å². The van der Waals surface area contributed by atoms with E-state index in [1.165, 1.54) is 0 Å². The lowest BCUT2D eigenvalue weighted by Crippen LogP contribution is -2.17. The van der Waals surface area contributed by atoms with Gasteiger partial charge in [0.05, 0.1) is 0 Å². The Bertz CT molecular complexity index is 194. The van der Waals surface area contributed by atoms with Crippen LogP contribution in [0.1, 0.15) is 13.3 Å². The Kier molecular flexibility index (Phi) is 4.62. The van der Waals surface area contributed by atoms with Crippen LogP contribution in [0.2, 0.25) is 0 Å². The Morgan fingerprint density at radius 2 is 2.09 bits per heavy atom. The Balaban J connectivity index is 3.98. The second kappa shape index (κ2) is 4.97. The maximum atomic E-state index is 5.60. The number of nitrogens with one attached hydrogen (secondary N) is 1. The standard InChI is InChI=1S/C8H13ClN2/c1-5-6(2)7(3)11-8(9)10-4/h2-3,5H2,1,4H3,(H,10,11). The fourth-order valence-electron chi connectivity index (χ4n) is 0.482. The average Bonchev–Trinajstić information content (AvgIpc) is 2.02. The summed E-state index contributed by atoms with van der Waals surface area (Å²) in [5.41, 5.74) is 1.66. The summed E-state index contributed by atoms with van der Waals surface area (Å²) in [6.07, 6.45) is 0.861. The van der Waals surface area contributed by atoms with Crippen molar-refractivity contribution in [3.05, 3.63) is 24.4 Å². The van der Waals surface area contributed by atoms with Crippen LogP contribution in [0.4, 0.5) is 0 Å². The van der Waals surface area contributed by atoms with Crippen LogP contribution in [0.5, 0.6) is 0 Å². The third kappa shape index (κ3) is 3.83. The molecule has 11 heavy (non-hydrogen) atoms. The minimum Gasteiger partial charge on any atom is -0.331 e. The van der Waals surface area contributed by atoms with Crippen molar-refractivity contribution in [1.29, 1.82) is 0 Å². The van der Waals surface area contributed by atoms with Crippen LogP contribution in [0.15, 0.2) is 29.4 Å². The summed E-state index contributed by atoms with van der Waals surface area (Å²) in [5.74, 6) is 0. The van der Waals surface area contributed by atoms with Crippen molar-refractivity contribution in [2.45, 2.75) is 13.3 Å². The highest BCUT2D eigenvalue weighted by Crippen LogP contribution is 2.05. The molecule has 3 heteroatoms. The van der Waals surface area contributed by atoms with E-state index in [4.69, 9.17) is 11.6 Å². The van der Waals surface area contributed by atoms with E-state index in [9.17, 15) is 0 Å². The zero-order valence-electron chi connectivity index (χ0n) is 6.95. The largest absolute Gasteiger partial charge is 0.331 e. The number of nitrogens with zero attached hydrogens (tertiary/aromatic N) is 1. The molecule has 0 aliphatic rings. The molecule has 0 aliphatic heterocycles. The average molecular weight is 173 g/mol. The first-order valence-electron chi connectivity index (χ1n) is 3.38. The van der Waals surface area contributed by atoms with Gasteiger partial charge in [-0.2, -0.15) is 0 Å². The van der Waals surface area contributed by atoms with Crippen LogP contribution in [0.25, 0.3) is 0 Å². The zero-order chi connectivity index (χ0) is 8.85. The summed E-state index contributed by atoms with van der Waals surface area (Å²) in [7, 11) is 1.61. The molecule has 0 bridgehead atoms. The first kappa shape index (κ1) is 10.2. The molecule has 0 rings (SSSR count). The lowest BCUT2D eigenvalue weighted by molar-refractivity contribution is 1.05. The van der Waals surface area contributed by atoms with E-state index in [0.29, 0.717) is 5.29 Å². The molecule has 2 nitrogen and oxygen atoms in total. The number of hydrogen-bond acceptors (Lipinski definition) is 1. The van der Waals surface area contributed by atoms with Gasteiger partial charge in [0.25, 0.3) is 0 Å². The first-order chi connectivity index (χ1) is 5.11. The van der Waals surface area contributed by atoms with Crippen LogP contribution in [-0.2, 0) is 0 Å². The molecule has 0 spiro atoms. The molecule has 0 saturated carbocycles. The van der Waals surface area contributed by atoms with Gasteiger partial charge >= 0.3 is 0 Å². The van der Waals surface area contributed by atoms with Gasteiger partial charge in [0.2, 0.25) is 0 Å². The van der Waals surface area contributed by atoms with E-state index >= 15 is 0 Å². The van der Waals surface area contributed by atoms with Crippen molar-refractivity contribution >= 4 is 16.9 Å². The molecule has 0 amide bonds. The monoisotopic (exact) mass is 172 g/mol. The molecule has 0 unspecified atom stereocenters. The smallest absolute Gasteiger partial charge is 0.195 e. The van der Waals surface area contributed by atoms with Crippen LogP contribution >= 0.6 is 11.6 Å². The SMILES string of the molecule is C=C(CC)C(=C)NC(Cl)=NC. The maximum absolute atomic E-state index is 5.60. The first-order valence-corrected chi connectivity index (χ1v) is 3.76. The van der Waals surface area contributed by atoms with Crippen LogP contribution in [0, 0.1) is 0 Å². The molecular weight excluding hydrogens is 160 g/mol. The van der Waals surface area contributed by atoms with Crippen molar-refractivity contribution in [2.75, 3.05) is 7.05 Å². The lowest BCUT2D eigenvalue weighted by atomic mass is 10.2. The molecule has 1 N–H and O–H groups in total. The molecule has 0 aromatic heterocycles. The van der Waals surface area contributed by atoms with Crippen molar-refractivity contribution in [2.24, 2.45) is 4.99 Å². The van der Waals surface area contributed by atoms with Gasteiger partial charge in [-0.05, 0) is 23.6 Å². The molecule has 0 radical (unpaired) electrons. The quantitative estimate of drug-likeness (QED) is 0.300. The molecular formula is C8H13ClN2. The molecule has 0 saturated heterocycles. The highest BCUT2D eigenvalue weighted by atomic mass is 35.5. The minimum absolute atomic E-state index is 0.338. The third-order valence-electron chi connectivity index (χ3n) is 1.30. The second-order valence-corrected chi connectivity index (χ2v) is 2.43. The Morgan fingerprint density at radius 1 is 1.55 bits per heavy atom. The normalized spacial score (nSPS) is 11.0. The van der Waals surface area contributed by atoms with E-state index in [0.717, 1.165) is 17.7 Å². The fourth-order valence-corrected chi connectivity index (χ4v) is 0.596. The number of halogens is 1. The van der Waals surface area contributed by atoms with Gasteiger partial charge in [-0.1, -0.05) is 20.1 Å². The van der Waals surface area contributed by atoms with Gasteiger partial charge in [0, 0.05) is 12.7 Å². The number of allylic oxidation sites excluding steroid dienone is 1. The number of aliphatic imine (C=N–C) groups is 1. The van der Waals surface area contributed by atoms with Crippen molar-refractivity contribution < 1.29 is 0 Å². The summed E-state index contributed by atoms with van der Waals surface area (Å²) in [5, 5.41) is 3.14. The summed E-state index contributed by atoms with van der Waals surface area (Å²) in [6, 6.07) is 0. The molecule has 0 atom stereocenters. The van der Waals surface area contributed by atoms with E-state index in [-0.39, 0.29) is 0 Å².